The first-order valence-electron chi connectivity index (χ1n) is 11.5. The van der Waals surface area contributed by atoms with Crippen LogP contribution in [0.25, 0.3) is 16.6 Å². The van der Waals surface area contributed by atoms with Crippen molar-refractivity contribution in [3.05, 3.63) is 59.8 Å². The van der Waals surface area contributed by atoms with Gasteiger partial charge in [-0.25, -0.2) is 4.98 Å². The minimum atomic E-state index is -0.0998. The van der Waals surface area contributed by atoms with E-state index in [-0.39, 0.29) is 12.0 Å². The third-order valence-electron chi connectivity index (χ3n) is 5.95. The van der Waals surface area contributed by atoms with Crippen molar-refractivity contribution in [2.75, 3.05) is 25.6 Å². The van der Waals surface area contributed by atoms with Crippen LogP contribution in [-0.2, 0) is 4.74 Å². The number of hydrogen-bond acceptors (Lipinski definition) is 8. The predicted molar refractivity (Wildman–Crippen MR) is 136 cm³/mol. The Kier molecular flexibility index (Phi) is 8.68. The Hall–Kier alpha value is -3.10. The molecule has 0 saturated carbocycles. The molecule has 0 radical (unpaired) electrons. The molecule has 1 unspecified atom stereocenters. The number of nitrogens with one attached hydrogen (secondary N) is 2. The number of nitrogens with zero attached hydrogens (tertiary/aromatic N) is 2. The average Bonchev–Trinajstić information content (AvgIpc) is 2.81. The number of allylic oxidation sites excluding steroid dienone is 2. The summed E-state index contributed by atoms with van der Waals surface area (Å²) in [6, 6.07) is 5.71. The van der Waals surface area contributed by atoms with Gasteiger partial charge < -0.3 is 32.6 Å². The zero-order chi connectivity index (χ0) is 23.8. The molecule has 8 nitrogen and oxygen atoms in total. The smallest absolute Gasteiger partial charge is 0.132 e. The van der Waals surface area contributed by atoms with E-state index in [9.17, 15) is 0 Å². The van der Waals surface area contributed by atoms with E-state index in [1.54, 1.807) is 6.20 Å². The normalized spacial score (nSPS) is 17.4. The van der Waals surface area contributed by atoms with Gasteiger partial charge >= 0.3 is 0 Å². The van der Waals surface area contributed by atoms with Crippen molar-refractivity contribution in [2.24, 2.45) is 29.0 Å². The Labute approximate surface area is 196 Å². The third kappa shape index (κ3) is 6.69. The van der Waals surface area contributed by atoms with E-state index in [0.29, 0.717) is 17.6 Å². The molecule has 2 aromatic rings. The number of hydrogen-bond donors (Lipinski definition) is 5. The average molecular weight is 452 g/mol. The second-order valence-corrected chi connectivity index (χ2v) is 8.79. The van der Waals surface area contributed by atoms with Gasteiger partial charge in [0.05, 0.1) is 11.0 Å². The molecule has 33 heavy (non-hydrogen) atoms. The van der Waals surface area contributed by atoms with E-state index >= 15 is 0 Å². The summed E-state index contributed by atoms with van der Waals surface area (Å²) in [6.45, 7) is 5.76. The molecule has 2 aromatic heterocycles. The van der Waals surface area contributed by atoms with Crippen LogP contribution < -0.4 is 27.8 Å². The van der Waals surface area contributed by atoms with Crippen molar-refractivity contribution in [2.45, 2.75) is 39.2 Å². The quantitative estimate of drug-likeness (QED) is 0.367. The second kappa shape index (κ2) is 11.7. The zero-order valence-corrected chi connectivity index (χ0v) is 19.8. The van der Waals surface area contributed by atoms with Crippen LogP contribution in [0.2, 0.25) is 0 Å². The summed E-state index contributed by atoms with van der Waals surface area (Å²) in [5, 5.41) is 6.28. The Morgan fingerprint density at radius 3 is 2.67 bits per heavy atom. The maximum atomic E-state index is 6.64. The van der Waals surface area contributed by atoms with Gasteiger partial charge in [-0.3, -0.25) is 4.98 Å². The number of rotatable bonds is 9. The van der Waals surface area contributed by atoms with Gasteiger partial charge in [-0.2, -0.15) is 0 Å². The molecule has 0 aromatic carbocycles. The van der Waals surface area contributed by atoms with Crippen LogP contribution in [0.1, 0.15) is 38.7 Å². The summed E-state index contributed by atoms with van der Waals surface area (Å²) in [5.74, 6) is 1.96. The van der Waals surface area contributed by atoms with Crippen LogP contribution in [0.4, 0.5) is 5.82 Å². The van der Waals surface area contributed by atoms with Gasteiger partial charge in [0.15, 0.2) is 0 Å². The summed E-state index contributed by atoms with van der Waals surface area (Å²) in [5.41, 5.74) is 23.0. The molecule has 0 amide bonds. The molecule has 0 bridgehead atoms. The summed E-state index contributed by atoms with van der Waals surface area (Å²) in [6.07, 6.45) is 10.2. The van der Waals surface area contributed by atoms with E-state index in [4.69, 9.17) is 26.9 Å². The van der Waals surface area contributed by atoms with Crippen LogP contribution in [0.5, 0.6) is 0 Å². The number of aromatic nitrogens is 2. The van der Waals surface area contributed by atoms with Gasteiger partial charge in [-0.1, -0.05) is 13.8 Å². The van der Waals surface area contributed by atoms with Gasteiger partial charge in [-0.05, 0) is 72.7 Å². The molecule has 1 saturated heterocycles. The molecule has 1 fully saturated rings. The second-order valence-electron chi connectivity index (χ2n) is 8.79. The van der Waals surface area contributed by atoms with Gasteiger partial charge in [0.1, 0.15) is 11.6 Å². The van der Waals surface area contributed by atoms with Crippen LogP contribution in [-0.4, -0.2) is 36.3 Å². The number of nitrogens with two attached hydrogens (primary N) is 3. The van der Waals surface area contributed by atoms with E-state index < -0.39 is 0 Å². The fourth-order valence-corrected chi connectivity index (χ4v) is 4.03. The first-order valence-corrected chi connectivity index (χ1v) is 11.5. The molecule has 1 aliphatic heterocycles. The molecule has 0 aliphatic carbocycles. The molecular weight excluding hydrogens is 414 g/mol. The highest BCUT2D eigenvalue weighted by Gasteiger charge is 2.21. The van der Waals surface area contributed by atoms with Crippen molar-refractivity contribution in [1.82, 2.24) is 15.3 Å². The van der Waals surface area contributed by atoms with E-state index in [0.717, 1.165) is 60.2 Å². The van der Waals surface area contributed by atoms with Gasteiger partial charge in [0, 0.05) is 44.3 Å². The van der Waals surface area contributed by atoms with Crippen LogP contribution >= 0.6 is 0 Å². The Balaban J connectivity index is 1.83. The molecule has 0 spiro atoms. The standard InChI is InChI=1S/C25H37N7O/c1-16(2)18(13-26)12-24(28)32-25-5-4-22-23(31-25)11-19(14-30-22)20(15-29-3)21(27)10-17-6-8-33-9-7-17/h4-5,11-17,21,29H,6-10,26-28H2,1-3H3,(H,31,32)/b18-13+,20-15-,24-12+. The highest BCUT2D eigenvalue weighted by atomic mass is 16.5. The first kappa shape index (κ1) is 24.5. The Morgan fingerprint density at radius 1 is 1.24 bits per heavy atom. The fourth-order valence-electron chi connectivity index (χ4n) is 4.03. The number of fused-ring (bicyclic) bond motifs is 1. The highest BCUT2D eigenvalue weighted by Crippen LogP contribution is 2.27. The maximum Gasteiger partial charge on any atom is 0.132 e. The first-order chi connectivity index (χ1) is 15.9. The molecule has 178 valence electrons. The molecule has 3 rings (SSSR count). The number of pyridine rings is 2. The molecule has 1 atom stereocenters. The molecule has 8 N–H and O–H groups in total. The largest absolute Gasteiger partial charge is 0.404 e. The highest BCUT2D eigenvalue weighted by molar-refractivity contribution is 5.81. The van der Waals surface area contributed by atoms with Gasteiger partial charge in [0.25, 0.3) is 0 Å². The molecule has 1 aliphatic rings. The summed E-state index contributed by atoms with van der Waals surface area (Å²) in [4.78, 5) is 9.33. The lowest BCUT2D eigenvalue weighted by Gasteiger charge is -2.26. The summed E-state index contributed by atoms with van der Waals surface area (Å²) >= 11 is 0. The minimum Gasteiger partial charge on any atom is -0.404 e. The van der Waals surface area contributed by atoms with Gasteiger partial charge in [0.2, 0.25) is 0 Å². The van der Waals surface area contributed by atoms with Crippen LogP contribution in [0.15, 0.2) is 54.3 Å². The van der Waals surface area contributed by atoms with E-state index in [2.05, 4.69) is 29.5 Å². The Bertz CT molecular complexity index is 1020. The van der Waals surface area contributed by atoms with Gasteiger partial charge in [-0.15, -0.1) is 0 Å². The van der Waals surface area contributed by atoms with Crippen LogP contribution in [0.3, 0.4) is 0 Å². The van der Waals surface area contributed by atoms with E-state index in [1.165, 1.54) is 0 Å². The molecular formula is C25H37N7O. The van der Waals surface area contributed by atoms with Crippen molar-refractivity contribution in [3.8, 4) is 0 Å². The number of anilines is 1. The van der Waals surface area contributed by atoms with Crippen molar-refractivity contribution < 1.29 is 4.74 Å². The van der Waals surface area contributed by atoms with E-state index in [1.807, 2.05) is 43.7 Å². The molecule has 3 heterocycles. The SMILES string of the molecule is CN/C=C(/c1cnc2ccc(N/C(N)=C/C(=C\N)C(C)C)nc2c1)C(N)CC1CCOCC1. The topological polar surface area (TPSA) is 137 Å². The number of ether oxygens (including phenoxy) is 1. The third-order valence-corrected chi connectivity index (χ3v) is 5.95. The minimum absolute atomic E-state index is 0.0998. The van der Waals surface area contributed by atoms with Crippen molar-refractivity contribution >= 4 is 22.4 Å². The maximum absolute atomic E-state index is 6.64. The zero-order valence-electron chi connectivity index (χ0n) is 19.8. The van der Waals surface area contributed by atoms with Crippen molar-refractivity contribution in [3.63, 3.8) is 0 Å². The fraction of sp³-hybridized carbons (Fsp3) is 0.440. The lowest BCUT2D eigenvalue weighted by atomic mass is 9.88. The Morgan fingerprint density at radius 2 is 2.00 bits per heavy atom. The summed E-state index contributed by atoms with van der Waals surface area (Å²) < 4.78 is 5.49. The lowest BCUT2D eigenvalue weighted by Crippen LogP contribution is -2.29. The lowest BCUT2D eigenvalue weighted by molar-refractivity contribution is 0.0633. The monoisotopic (exact) mass is 451 g/mol. The predicted octanol–water partition coefficient (Wildman–Crippen LogP) is 3.04. The van der Waals surface area contributed by atoms with Crippen LogP contribution in [0, 0.1) is 11.8 Å². The molecule has 8 heteroatoms. The summed E-state index contributed by atoms with van der Waals surface area (Å²) in [7, 11) is 1.88. The van der Waals surface area contributed by atoms with Crippen molar-refractivity contribution in [1.29, 1.82) is 0 Å².